The fourth-order valence-corrected chi connectivity index (χ4v) is 4.02. The van der Waals surface area contributed by atoms with Crippen molar-refractivity contribution in [1.29, 1.82) is 0 Å². The summed E-state index contributed by atoms with van der Waals surface area (Å²) in [6.07, 6.45) is 3.97. The van der Waals surface area contributed by atoms with E-state index in [0.717, 1.165) is 46.7 Å². The molecular weight excluding hydrogens is 435 g/mol. The molecule has 1 fully saturated rings. The third-order valence-corrected chi connectivity index (χ3v) is 6.09. The van der Waals surface area contributed by atoms with Gasteiger partial charge in [-0.3, -0.25) is 9.36 Å². The number of imidazole rings is 1. The maximum absolute atomic E-state index is 13.1. The summed E-state index contributed by atoms with van der Waals surface area (Å²) in [6, 6.07) is 16.9. The molecule has 0 bridgehead atoms. The zero-order valence-corrected chi connectivity index (χ0v) is 18.4. The molecule has 0 N–H and O–H groups in total. The normalized spacial score (nSPS) is 13.5. The third-order valence-electron chi connectivity index (χ3n) is 6.09. The number of hydrogen-bond acceptors (Lipinski definition) is 5. The first kappa shape index (κ1) is 20.4. The van der Waals surface area contributed by atoms with Gasteiger partial charge in [0.1, 0.15) is 29.6 Å². The topological polar surface area (TPSA) is 75.1 Å². The number of aryl methyl sites for hydroxylation is 1. The fraction of sp³-hybridized carbons (Fsp3) is 0.192. The van der Waals surface area contributed by atoms with E-state index >= 15 is 0 Å². The van der Waals surface area contributed by atoms with Crippen LogP contribution in [0, 0.1) is 5.82 Å². The van der Waals surface area contributed by atoms with E-state index in [1.807, 2.05) is 35.9 Å². The summed E-state index contributed by atoms with van der Waals surface area (Å²) < 4.78 is 27.8. The Morgan fingerprint density at radius 3 is 2.68 bits per heavy atom. The van der Waals surface area contributed by atoms with E-state index in [1.165, 1.54) is 18.2 Å². The van der Waals surface area contributed by atoms with Crippen molar-refractivity contribution in [3.05, 3.63) is 94.4 Å². The highest BCUT2D eigenvalue weighted by Gasteiger charge is 2.28. The van der Waals surface area contributed by atoms with Gasteiger partial charge in [0, 0.05) is 31.3 Å². The molecule has 170 valence electrons. The number of ether oxygens (including phenoxy) is 1. The van der Waals surface area contributed by atoms with Crippen molar-refractivity contribution in [3.8, 4) is 23.0 Å². The second kappa shape index (κ2) is 7.98. The minimum absolute atomic E-state index is 0.219. The monoisotopic (exact) mass is 456 g/mol. The Bertz CT molecular complexity index is 1560. The van der Waals surface area contributed by atoms with Crippen LogP contribution in [0.15, 0.2) is 76.2 Å². The van der Waals surface area contributed by atoms with Gasteiger partial charge >= 0.3 is 0 Å². The molecule has 0 aliphatic heterocycles. The van der Waals surface area contributed by atoms with Gasteiger partial charge in [0.25, 0.3) is 5.56 Å². The second-order valence-electron chi connectivity index (χ2n) is 8.54. The molecule has 6 rings (SSSR count). The highest BCUT2D eigenvalue weighted by atomic mass is 19.1. The molecular formula is C26H21FN4O3. The van der Waals surface area contributed by atoms with Crippen LogP contribution in [0.3, 0.4) is 0 Å². The summed E-state index contributed by atoms with van der Waals surface area (Å²) in [5.41, 5.74) is 3.72. The Balaban J connectivity index is 1.26. The van der Waals surface area contributed by atoms with E-state index < -0.39 is 0 Å². The molecule has 0 atom stereocenters. The average molecular weight is 456 g/mol. The maximum Gasteiger partial charge on any atom is 0.258 e. The van der Waals surface area contributed by atoms with Gasteiger partial charge < -0.3 is 13.8 Å². The van der Waals surface area contributed by atoms with E-state index in [9.17, 15) is 9.18 Å². The van der Waals surface area contributed by atoms with Crippen molar-refractivity contribution in [2.24, 2.45) is 7.05 Å². The molecule has 3 aromatic heterocycles. The quantitative estimate of drug-likeness (QED) is 0.360. The SMILES string of the molecule is Cn1c(-c2cc(C3CC3)on2)nc2ccc(-n3ccc(OCc4ccc(F)cc4)cc3=O)cc21. The lowest BCUT2D eigenvalue weighted by atomic mass is 10.2. The molecule has 1 aliphatic rings. The highest BCUT2D eigenvalue weighted by Crippen LogP contribution is 2.41. The van der Waals surface area contributed by atoms with Crippen LogP contribution in [0.2, 0.25) is 0 Å². The Morgan fingerprint density at radius 2 is 1.91 bits per heavy atom. The molecule has 0 unspecified atom stereocenters. The largest absolute Gasteiger partial charge is 0.489 e. The Hall–Kier alpha value is -4.20. The number of rotatable bonds is 6. The molecule has 1 saturated carbocycles. The fourth-order valence-electron chi connectivity index (χ4n) is 4.02. The van der Waals surface area contributed by atoms with Gasteiger partial charge in [-0.15, -0.1) is 0 Å². The van der Waals surface area contributed by atoms with Gasteiger partial charge in [0.2, 0.25) is 0 Å². The van der Waals surface area contributed by atoms with E-state index in [1.54, 1.807) is 29.0 Å². The van der Waals surface area contributed by atoms with Gasteiger partial charge in [-0.05, 0) is 54.8 Å². The molecule has 7 nitrogen and oxygen atoms in total. The van der Waals surface area contributed by atoms with Crippen LogP contribution < -0.4 is 10.3 Å². The van der Waals surface area contributed by atoms with E-state index in [-0.39, 0.29) is 18.0 Å². The van der Waals surface area contributed by atoms with Crippen LogP contribution in [-0.2, 0) is 13.7 Å². The minimum Gasteiger partial charge on any atom is -0.489 e. The summed E-state index contributed by atoms with van der Waals surface area (Å²) >= 11 is 0. The molecule has 0 saturated heterocycles. The third kappa shape index (κ3) is 3.77. The molecule has 2 aromatic carbocycles. The number of halogens is 1. The van der Waals surface area contributed by atoms with E-state index in [0.29, 0.717) is 17.4 Å². The van der Waals surface area contributed by atoms with Crippen LogP contribution in [0.4, 0.5) is 4.39 Å². The molecule has 1 aliphatic carbocycles. The second-order valence-corrected chi connectivity index (χ2v) is 8.54. The summed E-state index contributed by atoms with van der Waals surface area (Å²) in [5.74, 6) is 2.27. The minimum atomic E-state index is -0.298. The van der Waals surface area contributed by atoms with Crippen molar-refractivity contribution in [3.63, 3.8) is 0 Å². The van der Waals surface area contributed by atoms with Gasteiger partial charge in [0.05, 0.1) is 16.7 Å². The van der Waals surface area contributed by atoms with Crippen molar-refractivity contribution < 1.29 is 13.7 Å². The number of fused-ring (bicyclic) bond motifs is 1. The molecule has 8 heteroatoms. The molecule has 0 spiro atoms. The molecule has 3 heterocycles. The lowest BCUT2D eigenvalue weighted by Crippen LogP contribution is -2.16. The number of nitrogens with zero attached hydrogens (tertiary/aromatic N) is 4. The van der Waals surface area contributed by atoms with Gasteiger partial charge in [-0.25, -0.2) is 9.37 Å². The van der Waals surface area contributed by atoms with Crippen molar-refractivity contribution in [1.82, 2.24) is 19.3 Å². The zero-order valence-electron chi connectivity index (χ0n) is 18.4. The van der Waals surface area contributed by atoms with E-state index in [4.69, 9.17) is 14.2 Å². The maximum atomic E-state index is 13.1. The van der Waals surface area contributed by atoms with Crippen LogP contribution in [0.5, 0.6) is 5.75 Å². The standard InChI is InChI=1S/C26H21FN4O3/c1-30-23-12-19(8-9-21(23)28-26(30)22-14-24(34-29-22)17-4-5-17)31-11-10-20(13-25(31)32)33-15-16-2-6-18(27)7-3-16/h2-3,6-14,17H,4-5,15H2,1H3. The molecule has 34 heavy (non-hydrogen) atoms. The van der Waals surface area contributed by atoms with Crippen molar-refractivity contribution >= 4 is 11.0 Å². The number of benzene rings is 2. The lowest BCUT2D eigenvalue weighted by Gasteiger charge is -2.09. The smallest absolute Gasteiger partial charge is 0.258 e. The average Bonchev–Trinajstić information content (AvgIpc) is 3.49. The lowest BCUT2D eigenvalue weighted by molar-refractivity contribution is 0.305. The molecule has 0 amide bonds. The number of hydrogen-bond donors (Lipinski definition) is 0. The predicted molar refractivity (Wildman–Crippen MR) is 125 cm³/mol. The Kier molecular flexibility index (Phi) is 4.79. The molecule has 5 aromatic rings. The van der Waals surface area contributed by atoms with Crippen molar-refractivity contribution in [2.45, 2.75) is 25.4 Å². The van der Waals surface area contributed by atoms with Gasteiger partial charge in [-0.1, -0.05) is 17.3 Å². The Labute approximate surface area is 194 Å². The summed E-state index contributed by atoms with van der Waals surface area (Å²) in [6.45, 7) is 0.248. The van der Waals surface area contributed by atoms with E-state index in [2.05, 4.69) is 5.16 Å². The summed E-state index contributed by atoms with van der Waals surface area (Å²) in [4.78, 5) is 17.5. The first-order valence-corrected chi connectivity index (χ1v) is 11.1. The summed E-state index contributed by atoms with van der Waals surface area (Å²) in [5, 5.41) is 4.21. The predicted octanol–water partition coefficient (Wildman–Crippen LogP) is 4.97. The number of aromatic nitrogens is 4. The van der Waals surface area contributed by atoms with Gasteiger partial charge in [0.15, 0.2) is 5.82 Å². The van der Waals surface area contributed by atoms with Crippen LogP contribution in [-0.4, -0.2) is 19.3 Å². The first-order valence-electron chi connectivity index (χ1n) is 11.1. The molecule has 0 radical (unpaired) electrons. The van der Waals surface area contributed by atoms with Crippen molar-refractivity contribution in [2.75, 3.05) is 0 Å². The summed E-state index contributed by atoms with van der Waals surface area (Å²) in [7, 11) is 1.93. The zero-order chi connectivity index (χ0) is 23.2. The Morgan fingerprint density at radius 1 is 1.09 bits per heavy atom. The highest BCUT2D eigenvalue weighted by molar-refractivity contribution is 5.82. The number of pyridine rings is 1. The van der Waals surface area contributed by atoms with Crippen LogP contribution in [0.1, 0.15) is 30.1 Å². The first-order chi connectivity index (χ1) is 16.5. The van der Waals surface area contributed by atoms with Crippen LogP contribution in [0.25, 0.3) is 28.2 Å². The van der Waals surface area contributed by atoms with Crippen LogP contribution >= 0.6 is 0 Å². The van der Waals surface area contributed by atoms with Gasteiger partial charge in [-0.2, -0.15) is 0 Å².